The number of piperazine rings is 1. The maximum absolute atomic E-state index is 12.1. The molecule has 0 unspecified atom stereocenters. The molecule has 0 aromatic heterocycles. The van der Waals surface area contributed by atoms with E-state index in [-0.39, 0.29) is 5.91 Å². The molecule has 2 rings (SSSR count). The summed E-state index contributed by atoms with van der Waals surface area (Å²) in [5, 5.41) is 2.96. The highest BCUT2D eigenvalue weighted by Crippen LogP contribution is 2.14. The second-order valence-electron chi connectivity index (χ2n) is 5.12. The van der Waals surface area contributed by atoms with Gasteiger partial charge in [-0.05, 0) is 18.2 Å². The van der Waals surface area contributed by atoms with Gasteiger partial charge < -0.3 is 16.0 Å². The lowest BCUT2D eigenvalue weighted by atomic mass is 10.2. The third kappa shape index (κ3) is 4.03. The van der Waals surface area contributed by atoms with Crippen molar-refractivity contribution in [1.29, 1.82) is 0 Å². The van der Waals surface area contributed by atoms with Crippen LogP contribution in [0.5, 0.6) is 0 Å². The zero-order chi connectivity index (χ0) is 14.4. The molecule has 3 N–H and O–H groups in total. The molecule has 0 bridgehead atoms. The Kier molecular flexibility index (Phi) is 5.52. The number of nitrogens with zero attached hydrogens (tertiary/aromatic N) is 2. The van der Waals surface area contributed by atoms with Gasteiger partial charge in [-0.2, -0.15) is 0 Å². The number of nitrogens with two attached hydrogens (primary N) is 1. The summed E-state index contributed by atoms with van der Waals surface area (Å²) < 4.78 is 0. The minimum Gasteiger partial charge on any atom is -0.326 e. The highest BCUT2D eigenvalue weighted by molar-refractivity contribution is 5.93. The number of carbonyl (C=O) groups excluding carboxylic acids is 1. The number of hydrogen-bond donors (Lipinski definition) is 2. The Morgan fingerprint density at radius 1 is 1.20 bits per heavy atom. The van der Waals surface area contributed by atoms with Crippen molar-refractivity contribution in [2.24, 2.45) is 5.73 Å². The van der Waals surface area contributed by atoms with Crippen LogP contribution < -0.4 is 11.1 Å². The molecule has 20 heavy (non-hydrogen) atoms. The molecule has 0 radical (unpaired) electrons. The van der Waals surface area contributed by atoms with Gasteiger partial charge in [-0.25, -0.2) is 0 Å². The smallest absolute Gasteiger partial charge is 0.238 e. The highest BCUT2D eigenvalue weighted by atomic mass is 16.2. The van der Waals surface area contributed by atoms with E-state index in [1.54, 1.807) is 0 Å². The number of amides is 1. The first-order chi connectivity index (χ1) is 9.72. The molecule has 1 heterocycles. The maximum Gasteiger partial charge on any atom is 0.238 e. The van der Waals surface area contributed by atoms with E-state index in [4.69, 9.17) is 5.73 Å². The van der Waals surface area contributed by atoms with E-state index in [1.165, 1.54) is 0 Å². The van der Waals surface area contributed by atoms with Gasteiger partial charge in [0.1, 0.15) is 0 Å². The number of anilines is 1. The lowest BCUT2D eigenvalue weighted by Crippen LogP contribution is -2.48. The number of hydrogen-bond acceptors (Lipinski definition) is 4. The van der Waals surface area contributed by atoms with Crippen LogP contribution in [0.4, 0.5) is 5.69 Å². The predicted octanol–water partition coefficient (Wildman–Crippen LogP) is 0.721. The second-order valence-corrected chi connectivity index (χ2v) is 5.12. The van der Waals surface area contributed by atoms with E-state index in [0.717, 1.165) is 44.0 Å². The van der Waals surface area contributed by atoms with E-state index in [9.17, 15) is 4.79 Å². The van der Waals surface area contributed by atoms with Crippen molar-refractivity contribution in [2.45, 2.75) is 13.5 Å². The van der Waals surface area contributed by atoms with Crippen molar-refractivity contribution >= 4 is 11.6 Å². The molecular weight excluding hydrogens is 252 g/mol. The fraction of sp³-hybridized carbons (Fsp3) is 0.533. The van der Waals surface area contributed by atoms with Gasteiger partial charge in [0.2, 0.25) is 5.91 Å². The van der Waals surface area contributed by atoms with Crippen LogP contribution in [-0.2, 0) is 11.3 Å². The number of nitrogens with one attached hydrogen (secondary N) is 1. The summed E-state index contributed by atoms with van der Waals surface area (Å²) in [6.45, 7) is 8.16. The van der Waals surface area contributed by atoms with Crippen molar-refractivity contribution < 1.29 is 4.79 Å². The zero-order valence-corrected chi connectivity index (χ0v) is 12.1. The van der Waals surface area contributed by atoms with Crippen molar-refractivity contribution in [1.82, 2.24) is 9.80 Å². The van der Waals surface area contributed by atoms with Gasteiger partial charge in [0.15, 0.2) is 0 Å². The molecule has 1 aromatic rings. The molecule has 0 aliphatic carbocycles. The molecule has 1 saturated heterocycles. The molecule has 1 amide bonds. The van der Waals surface area contributed by atoms with E-state index in [2.05, 4.69) is 22.0 Å². The van der Waals surface area contributed by atoms with Crippen LogP contribution in [0, 0.1) is 0 Å². The van der Waals surface area contributed by atoms with Gasteiger partial charge in [0.25, 0.3) is 0 Å². The fourth-order valence-electron chi connectivity index (χ4n) is 2.48. The molecule has 1 aliphatic rings. The number of benzene rings is 1. The summed E-state index contributed by atoms with van der Waals surface area (Å²) in [4.78, 5) is 16.7. The molecule has 1 aromatic carbocycles. The Morgan fingerprint density at radius 2 is 1.85 bits per heavy atom. The van der Waals surface area contributed by atoms with Gasteiger partial charge in [-0.1, -0.05) is 25.1 Å². The predicted molar refractivity (Wildman–Crippen MR) is 81.5 cm³/mol. The van der Waals surface area contributed by atoms with Crippen molar-refractivity contribution in [3.05, 3.63) is 29.8 Å². The molecule has 110 valence electrons. The summed E-state index contributed by atoms with van der Waals surface area (Å²) in [5.41, 5.74) is 7.47. The first-order valence-electron chi connectivity index (χ1n) is 7.25. The molecule has 0 atom stereocenters. The van der Waals surface area contributed by atoms with Crippen LogP contribution >= 0.6 is 0 Å². The van der Waals surface area contributed by atoms with Crippen LogP contribution in [0.15, 0.2) is 24.3 Å². The standard InChI is InChI=1S/C15H24N4O/c1-2-18-7-9-19(10-8-18)12-15(20)17-14-6-4-3-5-13(14)11-16/h3-6H,2,7-12,16H2,1H3,(H,17,20). The third-order valence-corrected chi connectivity index (χ3v) is 3.79. The molecular formula is C15H24N4O. The monoisotopic (exact) mass is 276 g/mol. The quantitative estimate of drug-likeness (QED) is 0.832. The van der Waals surface area contributed by atoms with Crippen LogP contribution in [0.2, 0.25) is 0 Å². The summed E-state index contributed by atoms with van der Waals surface area (Å²) in [6, 6.07) is 7.68. The Hall–Kier alpha value is -1.43. The first kappa shape index (κ1) is 15.0. The summed E-state index contributed by atoms with van der Waals surface area (Å²) >= 11 is 0. The maximum atomic E-state index is 12.1. The Labute approximate surface area is 120 Å². The van der Waals surface area contributed by atoms with Crippen molar-refractivity contribution in [3.8, 4) is 0 Å². The molecule has 1 aliphatic heterocycles. The molecule has 0 spiro atoms. The Balaban J connectivity index is 1.84. The topological polar surface area (TPSA) is 61.6 Å². The Bertz CT molecular complexity index is 441. The lowest BCUT2D eigenvalue weighted by molar-refractivity contribution is -0.117. The zero-order valence-electron chi connectivity index (χ0n) is 12.1. The summed E-state index contributed by atoms with van der Waals surface area (Å²) in [6.07, 6.45) is 0. The Morgan fingerprint density at radius 3 is 2.50 bits per heavy atom. The lowest BCUT2D eigenvalue weighted by Gasteiger charge is -2.33. The number of para-hydroxylation sites is 1. The molecule has 5 heteroatoms. The average Bonchev–Trinajstić information content (AvgIpc) is 2.48. The van der Waals surface area contributed by atoms with Crippen LogP contribution in [0.3, 0.4) is 0 Å². The van der Waals surface area contributed by atoms with Crippen LogP contribution in [-0.4, -0.2) is 55.0 Å². The highest BCUT2D eigenvalue weighted by Gasteiger charge is 2.18. The van der Waals surface area contributed by atoms with Crippen molar-refractivity contribution in [2.75, 3.05) is 44.6 Å². The van der Waals surface area contributed by atoms with Crippen LogP contribution in [0.1, 0.15) is 12.5 Å². The van der Waals surface area contributed by atoms with E-state index in [1.807, 2.05) is 24.3 Å². The van der Waals surface area contributed by atoms with E-state index in [0.29, 0.717) is 13.1 Å². The van der Waals surface area contributed by atoms with Gasteiger partial charge >= 0.3 is 0 Å². The largest absolute Gasteiger partial charge is 0.326 e. The molecule has 1 fully saturated rings. The van der Waals surface area contributed by atoms with Crippen molar-refractivity contribution in [3.63, 3.8) is 0 Å². The molecule has 0 saturated carbocycles. The average molecular weight is 276 g/mol. The van der Waals surface area contributed by atoms with E-state index < -0.39 is 0 Å². The second kappa shape index (κ2) is 7.38. The third-order valence-electron chi connectivity index (χ3n) is 3.79. The summed E-state index contributed by atoms with van der Waals surface area (Å²) in [7, 11) is 0. The number of carbonyl (C=O) groups is 1. The fourth-order valence-corrected chi connectivity index (χ4v) is 2.48. The van der Waals surface area contributed by atoms with Gasteiger partial charge in [-0.15, -0.1) is 0 Å². The number of likely N-dealkylation sites (N-methyl/N-ethyl adjacent to an activating group) is 1. The summed E-state index contributed by atoms with van der Waals surface area (Å²) in [5.74, 6) is 0.0378. The van der Waals surface area contributed by atoms with Gasteiger partial charge in [0, 0.05) is 38.4 Å². The minimum atomic E-state index is 0.0378. The SMILES string of the molecule is CCN1CCN(CC(=O)Nc2ccccc2CN)CC1. The van der Waals surface area contributed by atoms with E-state index >= 15 is 0 Å². The first-order valence-corrected chi connectivity index (χ1v) is 7.25. The molecule has 5 nitrogen and oxygen atoms in total. The number of rotatable bonds is 5. The normalized spacial score (nSPS) is 17.1. The minimum absolute atomic E-state index is 0.0378. The van der Waals surface area contributed by atoms with Gasteiger partial charge in [0.05, 0.1) is 6.54 Å². The van der Waals surface area contributed by atoms with Crippen LogP contribution in [0.25, 0.3) is 0 Å². The van der Waals surface area contributed by atoms with Gasteiger partial charge in [-0.3, -0.25) is 9.69 Å².